The fraction of sp³-hybridized carbons (Fsp3) is 0.176. The summed E-state index contributed by atoms with van der Waals surface area (Å²) < 4.78 is 0. The lowest BCUT2D eigenvalue weighted by Gasteiger charge is -2.02. The zero-order valence-corrected chi connectivity index (χ0v) is 12.6. The van der Waals surface area contributed by atoms with Crippen LogP contribution in [0, 0.1) is 0 Å². The fourth-order valence-corrected chi connectivity index (χ4v) is 1.32. The van der Waals surface area contributed by atoms with E-state index in [2.05, 4.69) is 9.78 Å². The molecule has 0 aliphatic heterocycles. The summed E-state index contributed by atoms with van der Waals surface area (Å²) in [5, 5.41) is 16.0. The minimum Gasteiger partial charge on any atom is -0.394 e. The maximum atomic E-state index is 11.5. The van der Waals surface area contributed by atoms with Crippen LogP contribution in [0.1, 0.15) is 27.6 Å². The number of hydrogen-bond donors (Lipinski definition) is 2. The van der Waals surface area contributed by atoms with Gasteiger partial charge in [0.1, 0.15) is 0 Å². The monoisotopic (exact) mass is 318 g/mol. The van der Waals surface area contributed by atoms with E-state index in [1.165, 1.54) is 6.92 Å². The van der Waals surface area contributed by atoms with E-state index in [-0.39, 0.29) is 6.61 Å². The second-order valence-electron chi connectivity index (χ2n) is 4.51. The van der Waals surface area contributed by atoms with Crippen molar-refractivity contribution in [3.05, 3.63) is 71.8 Å². The molecule has 0 aromatic heterocycles. The van der Waals surface area contributed by atoms with Crippen molar-refractivity contribution in [2.45, 2.75) is 13.0 Å². The smallest absolute Gasteiger partial charge is 0.386 e. The number of aliphatic hydroxyl groups is 2. The van der Waals surface area contributed by atoms with Crippen molar-refractivity contribution in [1.29, 1.82) is 0 Å². The zero-order valence-electron chi connectivity index (χ0n) is 12.6. The highest BCUT2D eigenvalue weighted by molar-refractivity contribution is 5.92. The molecule has 23 heavy (non-hydrogen) atoms. The summed E-state index contributed by atoms with van der Waals surface area (Å²) >= 11 is 0. The van der Waals surface area contributed by atoms with Gasteiger partial charge in [0, 0.05) is 0 Å². The lowest BCUT2D eigenvalue weighted by molar-refractivity contribution is -0.187. The molecule has 1 unspecified atom stereocenters. The molecule has 0 aliphatic carbocycles. The van der Waals surface area contributed by atoms with E-state index in [0.717, 1.165) is 0 Å². The minimum atomic E-state index is -0.708. The molecule has 2 aromatic rings. The molecule has 2 rings (SSSR count). The normalized spacial score (nSPS) is 10.7. The Hall–Kier alpha value is -2.70. The molecule has 0 heterocycles. The zero-order chi connectivity index (χ0) is 17.1. The van der Waals surface area contributed by atoms with Crippen molar-refractivity contribution in [2.24, 2.45) is 0 Å². The molecule has 0 fully saturated rings. The third-order valence-electron chi connectivity index (χ3n) is 2.48. The second-order valence-corrected chi connectivity index (χ2v) is 4.51. The average Bonchev–Trinajstić information content (AvgIpc) is 2.61. The fourth-order valence-electron chi connectivity index (χ4n) is 1.32. The number of hydrogen-bond acceptors (Lipinski definition) is 6. The maximum absolute atomic E-state index is 11.5. The quantitative estimate of drug-likeness (QED) is 0.664. The van der Waals surface area contributed by atoms with Crippen LogP contribution >= 0.6 is 0 Å². The van der Waals surface area contributed by atoms with E-state index in [0.29, 0.717) is 11.1 Å². The molecule has 122 valence electrons. The van der Waals surface area contributed by atoms with Crippen molar-refractivity contribution in [3.8, 4) is 0 Å². The first kappa shape index (κ1) is 18.3. The largest absolute Gasteiger partial charge is 0.394 e. The summed E-state index contributed by atoms with van der Waals surface area (Å²) in [7, 11) is 0. The molecule has 2 aromatic carbocycles. The molecule has 0 saturated carbocycles. The third-order valence-corrected chi connectivity index (χ3v) is 2.48. The number of carbonyl (C=O) groups is 2. The summed E-state index contributed by atoms with van der Waals surface area (Å²) in [6.07, 6.45) is -0.560. The van der Waals surface area contributed by atoms with E-state index in [1.54, 1.807) is 60.7 Å². The molecule has 0 radical (unpaired) electrons. The number of aliphatic hydroxyl groups excluding tert-OH is 2. The van der Waals surface area contributed by atoms with Crippen molar-refractivity contribution in [1.82, 2.24) is 0 Å². The molecule has 0 bridgehead atoms. The van der Waals surface area contributed by atoms with E-state index in [1.807, 2.05) is 0 Å². The Bertz CT molecular complexity index is 543. The predicted octanol–water partition coefficient (Wildman–Crippen LogP) is 1.97. The van der Waals surface area contributed by atoms with Gasteiger partial charge in [0.2, 0.25) is 0 Å². The first-order valence-corrected chi connectivity index (χ1v) is 6.86. The van der Waals surface area contributed by atoms with Crippen LogP contribution in [0.2, 0.25) is 0 Å². The lowest BCUT2D eigenvalue weighted by atomic mass is 10.2. The van der Waals surface area contributed by atoms with Crippen LogP contribution in [0.4, 0.5) is 0 Å². The average molecular weight is 318 g/mol. The Kier molecular flexibility index (Phi) is 8.06. The van der Waals surface area contributed by atoms with Gasteiger partial charge in [-0.15, -0.1) is 0 Å². The molecule has 2 N–H and O–H groups in total. The SMILES string of the molecule is CC(O)CO.O=C(OOC(=O)c1ccccc1)c1ccccc1. The summed E-state index contributed by atoms with van der Waals surface area (Å²) in [5.74, 6) is -1.42. The van der Waals surface area contributed by atoms with E-state index in [9.17, 15) is 9.59 Å². The van der Waals surface area contributed by atoms with Crippen LogP contribution in [-0.2, 0) is 9.78 Å². The maximum Gasteiger partial charge on any atom is 0.386 e. The van der Waals surface area contributed by atoms with Crippen molar-refractivity contribution in [3.63, 3.8) is 0 Å². The standard InChI is InChI=1S/C14H10O4.C3H8O2/c15-13(11-7-3-1-4-8-11)17-18-14(16)12-9-5-2-6-10-12;1-3(5)2-4/h1-10H;3-5H,2H2,1H3. The highest BCUT2D eigenvalue weighted by Crippen LogP contribution is 2.05. The van der Waals surface area contributed by atoms with Gasteiger partial charge in [-0.3, -0.25) is 0 Å². The molecule has 1 atom stereocenters. The molecular formula is C17H18O6. The summed E-state index contributed by atoms with van der Waals surface area (Å²) in [6, 6.07) is 16.6. The van der Waals surface area contributed by atoms with Gasteiger partial charge in [-0.05, 0) is 31.2 Å². The molecule has 0 amide bonds. The van der Waals surface area contributed by atoms with E-state index < -0.39 is 18.0 Å². The van der Waals surface area contributed by atoms with E-state index in [4.69, 9.17) is 10.2 Å². The van der Waals surface area contributed by atoms with Gasteiger partial charge in [0.05, 0.1) is 23.8 Å². The van der Waals surface area contributed by atoms with Crippen molar-refractivity contribution < 1.29 is 29.6 Å². The first-order valence-electron chi connectivity index (χ1n) is 6.86. The predicted molar refractivity (Wildman–Crippen MR) is 82.5 cm³/mol. The van der Waals surface area contributed by atoms with Crippen LogP contribution in [0.3, 0.4) is 0 Å². The van der Waals surface area contributed by atoms with Gasteiger partial charge in [-0.1, -0.05) is 36.4 Å². The Morgan fingerprint density at radius 3 is 1.43 bits per heavy atom. The van der Waals surface area contributed by atoms with Crippen LogP contribution in [0.15, 0.2) is 60.7 Å². The van der Waals surface area contributed by atoms with Gasteiger partial charge in [-0.25, -0.2) is 19.4 Å². The van der Waals surface area contributed by atoms with Gasteiger partial charge < -0.3 is 10.2 Å². The molecule has 0 saturated heterocycles. The van der Waals surface area contributed by atoms with Crippen molar-refractivity contribution in [2.75, 3.05) is 6.61 Å². The first-order chi connectivity index (χ1) is 11.0. The van der Waals surface area contributed by atoms with Gasteiger partial charge in [-0.2, -0.15) is 0 Å². The Labute approximate surface area is 133 Å². The van der Waals surface area contributed by atoms with Gasteiger partial charge in [0.15, 0.2) is 0 Å². The number of rotatable bonds is 3. The Morgan fingerprint density at radius 2 is 1.17 bits per heavy atom. The van der Waals surface area contributed by atoms with Gasteiger partial charge >= 0.3 is 11.9 Å². The number of carbonyl (C=O) groups excluding carboxylic acids is 2. The topological polar surface area (TPSA) is 93.1 Å². The highest BCUT2D eigenvalue weighted by Gasteiger charge is 2.12. The molecule has 6 nitrogen and oxygen atoms in total. The van der Waals surface area contributed by atoms with Gasteiger partial charge in [0.25, 0.3) is 0 Å². The summed E-state index contributed by atoms with van der Waals surface area (Å²) in [4.78, 5) is 31.9. The van der Waals surface area contributed by atoms with E-state index >= 15 is 0 Å². The second kappa shape index (κ2) is 10.1. The van der Waals surface area contributed by atoms with Crippen LogP contribution in [0.25, 0.3) is 0 Å². The lowest BCUT2D eigenvalue weighted by Crippen LogP contribution is -2.11. The van der Waals surface area contributed by atoms with Crippen LogP contribution < -0.4 is 0 Å². The Morgan fingerprint density at radius 1 is 0.870 bits per heavy atom. The molecule has 0 aliphatic rings. The highest BCUT2D eigenvalue weighted by atomic mass is 17.2. The molecule has 0 spiro atoms. The van der Waals surface area contributed by atoms with Crippen molar-refractivity contribution >= 4 is 11.9 Å². The van der Waals surface area contributed by atoms with Crippen LogP contribution in [-0.4, -0.2) is 34.9 Å². The molecular weight excluding hydrogens is 300 g/mol. The summed E-state index contributed by atoms with van der Waals surface area (Å²) in [5.41, 5.74) is 0.636. The summed E-state index contributed by atoms with van der Waals surface area (Å²) in [6.45, 7) is 1.39. The minimum absolute atomic E-state index is 0.139. The van der Waals surface area contributed by atoms with Crippen LogP contribution in [0.5, 0.6) is 0 Å². The molecule has 6 heteroatoms. The number of benzene rings is 2. The third kappa shape index (κ3) is 7.21. The Balaban J connectivity index is 0.000000463.